The Morgan fingerprint density at radius 1 is 1.56 bits per heavy atom. The largest absolute Gasteiger partial charge is 0.378 e. The normalized spacial score (nSPS) is 27.6. The van der Waals surface area contributed by atoms with Gasteiger partial charge >= 0.3 is 0 Å². The number of hydrogen-bond donors (Lipinski definition) is 2. The van der Waals surface area contributed by atoms with E-state index in [0.29, 0.717) is 19.1 Å². The van der Waals surface area contributed by atoms with Crippen molar-refractivity contribution in [1.29, 1.82) is 0 Å². The van der Waals surface area contributed by atoms with Crippen LogP contribution in [0.3, 0.4) is 0 Å². The van der Waals surface area contributed by atoms with Crippen LogP contribution in [0.5, 0.6) is 0 Å². The van der Waals surface area contributed by atoms with Gasteiger partial charge in [0.1, 0.15) is 0 Å². The van der Waals surface area contributed by atoms with Gasteiger partial charge in [0, 0.05) is 6.61 Å². The summed E-state index contributed by atoms with van der Waals surface area (Å²) in [5.41, 5.74) is 5.23. The van der Waals surface area contributed by atoms with Crippen LogP contribution in [-0.2, 0) is 9.53 Å². The Kier molecular flexibility index (Phi) is 5.77. The molecular formula is C12H24N2O2. The summed E-state index contributed by atoms with van der Waals surface area (Å²) >= 11 is 0. The Balaban J connectivity index is 2.16. The zero-order valence-corrected chi connectivity index (χ0v) is 10.4. The molecule has 0 radical (unpaired) electrons. The molecular weight excluding hydrogens is 204 g/mol. The monoisotopic (exact) mass is 228 g/mol. The Morgan fingerprint density at radius 2 is 2.31 bits per heavy atom. The lowest BCUT2D eigenvalue weighted by Crippen LogP contribution is -2.40. The van der Waals surface area contributed by atoms with Crippen LogP contribution in [0.4, 0.5) is 0 Å². The van der Waals surface area contributed by atoms with Crippen molar-refractivity contribution in [3.8, 4) is 0 Å². The summed E-state index contributed by atoms with van der Waals surface area (Å²) in [6.45, 7) is 2.89. The molecule has 16 heavy (non-hydrogen) atoms. The fraction of sp³-hybridized carbons (Fsp3) is 0.917. The molecule has 4 nitrogen and oxygen atoms in total. The number of primary amides is 1. The lowest BCUT2D eigenvalue weighted by atomic mass is 9.89. The van der Waals surface area contributed by atoms with Gasteiger partial charge in [-0.05, 0) is 32.2 Å². The molecule has 3 atom stereocenters. The number of nitrogens with one attached hydrogen (secondary N) is 1. The molecule has 0 aromatic carbocycles. The summed E-state index contributed by atoms with van der Waals surface area (Å²) in [5.74, 6) is 0.470. The van der Waals surface area contributed by atoms with Crippen molar-refractivity contribution in [2.75, 3.05) is 13.7 Å². The highest BCUT2D eigenvalue weighted by atomic mass is 16.5. The van der Waals surface area contributed by atoms with E-state index in [0.717, 1.165) is 18.8 Å². The van der Waals surface area contributed by atoms with Crippen LogP contribution in [0.15, 0.2) is 0 Å². The Morgan fingerprint density at radius 3 is 2.88 bits per heavy atom. The van der Waals surface area contributed by atoms with Crippen LogP contribution in [0.1, 0.15) is 39.0 Å². The fourth-order valence-electron chi connectivity index (χ4n) is 2.31. The van der Waals surface area contributed by atoms with Gasteiger partial charge in [-0.25, -0.2) is 0 Å². The number of amides is 1. The lowest BCUT2D eigenvalue weighted by Gasteiger charge is -2.27. The zero-order valence-electron chi connectivity index (χ0n) is 10.4. The maximum atomic E-state index is 11.0. The summed E-state index contributed by atoms with van der Waals surface area (Å²) in [7, 11) is 1.75. The number of rotatable bonds is 6. The molecule has 3 N–H and O–H groups in total. The molecule has 0 aliphatic heterocycles. The van der Waals surface area contributed by atoms with E-state index in [1.807, 2.05) is 0 Å². The number of nitrogens with two attached hydrogens (primary N) is 1. The van der Waals surface area contributed by atoms with Gasteiger partial charge in [0.05, 0.1) is 12.1 Å². The minimum absolute atomic E-state index is 0.263. The minimum atomic E-state index is -0.303. The summed E-state index contributed by atoms with van der Waals surface area (Å²) in [6, 6.07) is -0.263. The average molecular weight is 228 g/mol. The molecule has 1 aliphatic rings. The molecule has 1 fully saturated rings. The molecule has 1 amide bonds. The summed E-state index contributed by atoms with van der Waals surface area (Å²) < 4.78 is 5.79. The number of carbonyl (C=O) groups excluding carboxylic acids is 1. The molecule has 0 heterocycles. The van der Waals surface area contributed by atoms with Gasteiger partial charge in [0.15, 0.2) is 0 Å². The van der Waals surface area contributed by atoms with Gasteiger partial charge in [-0.1, -0.05) is 19.8 Å². The third-order valence-corrected chi connectivity index (χ3v) is 3.34. The van der Waals surface area contributed by atoms with Crippen molar-refractivity contribution in [3.05, 3.63) is 0 Å². The molecule has 3 unspecified atom stereocenters. The van der Waals surface area contributed by atoms with E-state index in [2.05, 4.69) is 12.2 Å². The molecule has 0 bridgehead atoms. The zero-order chi connectivity index (χ0) is 12.0. The summed E-state index contributed by atoms with van der Waals surface area (Å²) in [4.78, 5) is 11.0. The van der Waals surface area contributed by atoms with Gasteiger partial charge in [-0.15, -0.1) is 0 Å². The van der Waals surface area contributed by atoms with Crippen LogP contribution < -0.4 is 11.1 Å². The summed E-state index contributed by atoms with van der Waals surface area (Å²) in [6.07, 6.45) is 5.94. The molecule has 0 saturated heterocycles. The predicted molar refractivity (Wildman–Crippen MR) is 64.0 cm³/mol. The smallest absolute Gasteiger partial charge is 0.234 e. The molecule has 1 aliphatic carbocycles. The van der Waals surface area contributed by atoms with Crippen LogP contribution in [0.2, 0.25) is 0 Å². The predicted octanol–water partition coefficient (Wildman–Crippen LogP) is 1.05. The molecule has 0 aromatic heterocycles. The van der Waals surface area contributed by atoms with Crippen molar-refractivity contribution in [2.45, 2.75) is 51.2 Å². The topological polar surface area (TPSA) is 64.3 Å². The second kappa shape index (κ2) is 6.86. The maximum Gasteiger partial charge on any atom is 0.234 e. The number of likely N-dealkylation sites (N-methyl/N-ethyl adjacent to an activating group) is 1. The second-order valence-corrected chi connectivity index (χ2v) is 4.80. The molecule has 1 rings (SSSR count). The SMILES string of the molecule is CNC(CCOC1CCCC(C)C1)C(N)=O. The van der Waals surface area contributed by atoms with Crippen molar-refractivity contribution in [1.82, 2.24) is 5.32 Å². The van der Waals surface area contributed by atoms with E-state index in [-0.39, 0.29) is 11.9 Å². The Labute approximate surface area is 97.9 Å². The van der Waals surface area contributed by atoms with Crippen LogP contribution in [0.25, 0.3) is 0 Å². The van der Waals surface area contributed by atoms with E-state index in [9.17, 15) is 4.79 Å². The first-order valence-electron chi connectivity index (χ1n) is 6.21. The van der Waals surface area contributed by atoms with Gasteiger partial charge in [0.25, 0.3) is 0 Å². The average Bonchev–Trinajstić information content (AvgIpc) is 2.24. The van der Waals surface area contributed by atoms with E-state index in [4.69, 9.17) is 10.5 Å². The van der Waals surface area contributed by atoms with E-state index in [1.54, 1.807) is 7.05 Å². The first kappa shape index (κ1) is 13.5. The highest BCUT2D eigenvalue weighted by molar-refractivity contribution is 5.79. The van der Waals surface area contributed by atoms with Crippen molar-refractivity contribution in [2.24, 2.45) is 11.7 Å². The minimum Gasteiger partial charge on any atom is -0.378 e. The van der Waals surface area contributed by atoms with E-state index < -0.39 is 0 Å². The second-order valence-electron chi connectivity index (χ2n) is 4.80. The number of carbonyl (C=O) groups is 1. The highest BCUT2D eigenvalue weighted by Crippen LogP contribution is 2.25. The maximum absolute atomic E-state index is 11.0. The molecule has 94 valence electrons. The molecule has 0 spiro atoms. The Bertz CT molecular complexity index is 221. The third kappa shape index (κ3) is 4.49. The van der Waals surface area contributed by atoms with Crippen LogP contribution in [0, 0.1) is 5.92 Å². The van der Waals surface area contributed by atoms with Gasteiger partial charge in [-0.3, -0.25) is 4.79 Å². The van der Waals surface area contributed by atoms with E-state index >= 15 is 0 Å². The molecule has 4 heteroatoms. The fourth-order valence-corrected chi connectivity index (χ4v) is 2.31. The number of hydrogen-bond acceptors (Lipinski definition) is 3. The van der Waals surface area contributed by atoms with E-state index in [1.165, 1.54) is 12.8 Å². The van der Waals surface area contributed by atoms with Crippen molar-refractivity contribution >= 4 is 5.91 Å². The lowest BCUT2D eigenvalue weighted by molar-refractivity contribution is -0.120. The van der Waals surface area contributed by atoms with Crippen molar-refractivity contribution < 1.29 is 9.53 Å². The Hall–Kier alpha value is -0.610. The highest BCUT2D eigenvalue weighted by Gasteiger charge is 2.20. The third-order valence-electron chi connectivity index (χ3n) is 3.34. The van der Waals surface area contributed by atoms with Crippen LogP contribution in [-0.4, -0.2) is 31.7 Å². The molecule has 0 aromatic rings. The van der Waals surface area contributed by atoms with Crippen LogP contribution >= 0.6 is 0 Å². The quantitative estimate of drug-likeness (QED) is 0.714. The first-order valence-corrected chi connectivity index (χ1v) is 6.21. The number of ether oxygens (including phenoxy) is 1. The van der Waals surface area contributed by atoms with Gasteiger partial charge in [-0.2, -0.15) is 0 Å². The van der Waals surface area contributed by atoms with Gasteiger partial charge < -0.3 is 15.8 Å². The van der Waals surface area contributed by atoms with Crippen molar-refractivity contribution in [3.63, 3.8) is 0 Å². The summed E-state index contributed by atoms with van der Waals surface area (Å²) in [5, 5.41) is 2.89. The molecule has 1 saturated carbocycles. The standard InChI is InChI=1S/C12H24N2O2/c1-9-4-3-5-10(8-9)16-7-6-11(14-2)12(13)15/h9-11,14H,3-8H2,1-2H3,(H2,13,15). The first-order chi connectivity index (χ1) is 7.63. The van der Waals surface area contributed by atoms with Gasteiger partial charge in [0.2, 0.25) is 5.91 Å².